The second-order valence-electron chi connectivity index (χ2n) is 3.61. The summed E-state index contributed by atoms with van der Waals surface area (Å²) >= 11 is 0. The van der Waals surface area contributed by atoms with E-state index in [2.05, 4.69) is 0 Å². The molecule has 0 amide bonds. The predicted molar refractivity (Wildman–Crippen MR) is 36.6 cm³/mol. The van der Waals surface area contributed by atoms with Crippen LogP contribution in [-0.2, 0) is 4.79 Å². The lowest BCUT2D eigenvalue weighted by Gasteiger charge is -2.16. The topological polar surface area (TPSA) is 37.3 Å². The summed E-state index contributed by atoms with van der Waals surface area (Å²) in [7, 11) is 0. The molecule has 0 aromatic rings. The van der Waals surface area contributed by atoms with Gasteiger partial charge >= 0.3 is 5.97 Å². The van der Waals surface area contributed by atoms with Crippen molar-refractivity contribution in [1.82, 2.24) is 0 Å². The van der Waals surface area contributed by atoms with Gasteiger partial charge in [-0.25, -0.2) is 0 Å². The van der Waals surface area contributed by atoms with Crippen LogP contribution < -0.4 is 0 Å². The molecule has 2 fully saturated rings. The van der Waals surface area contributed by atoms with Gasteiger partial charge in [0.1, 0.15) is 0 Å². The maximum atomic E-state index is 10.7. The molecule has 56 valence electrons. The Kier molecular flexibility index (Phi) is 1.08. The number of carboxylic acid groups (broad SMARTS) is 1. The van der Waals surface area contributed by atoms with Gasteiger partial charge in [0, 0.05) is 0 Å². The molecule has 0 aromatic heterocycles. The molecule has 2 heteroatoms. The second kappa shape index (κ2) is 1.74. The van der Waals surface area contributed by atoms with Crippen molar-refractivity contribution >= 4 is 5.97 Å². The molecular weight excluding hydrogens is 128 g/mol. The van der Waals surface area contributed by atoms with Gasteiger partial charge in [0.15, 0.2) is 0 Å². The lowest BCUT2D eigenvalue weighted by molar-refractivity contribution is -0.144. The summed E-state index contributed by atoms with van der Waals surface area (Å²) in [4.78, 5) is 10.7. The number of fused-ring (bicyclic) bond motifs is 1. The van der Waals surface area contributed by atoms with Crippen LogP contribution in [0.2, 0.25) is 0 Å². The maximum absolute atomic E-state index is 10.7. The van der Waals surface area contributed by atoms with E-state index in [-0.39, 0.29) is 5.41 Å². The number of hydrogen-bond acceptors (Lipinski definition) is 1. The van der Waals surface area contributed by atoms with Crippen LogP contribution in [-0.4, -0.2) is 11.1 Å². The molecule has 0 unspecified atom stereocenters. The Morgan fingerprint density at radius 2 is 2.30 bits per heavy atom. The molecule has 0 bridgehead atoms. The highest BCUT2D eigenvalue weighted by Gasteiger charge is 2.60. The molecule has 2 rings (SSSR count). The van der Waals surface area contributed by atoms with E-state index in [1.165, 1.54) is 6.42 Å². The van der Waals surface area contributed by atoms with Crippen molar-refractivity contribution in [3.05, 3.63) is 0 Å². The summed E-state index contributed by atoms with van der Waals surface area (Å²) < 4.78 is 0. The molecule has 0 aromatic carbocycles. The van der Waals surface area contributed by atoms with Crippen molar-refractivity contribution in [2.45, 2.75) is 32.1 Å². The Labute approximate surface area is 60.2 Å². The average molecular weight is 140 g/mol. The summed E-state index contributed by atoms with van der Waals surface area (Å²) in [5, 5.41) is 8.84. The van der Waals surface area contributed by atoms with Gasteiger partial charge in [-0.05, 0) is 25.2 Å². The molecule has 0 heterocycles. The Bertz CT molecular complexity index is 176. The summed E-state index contributed by atoms with van der Waals surface area (Å²) in [6.45, 7) is 0. The number of carbonyl (C=O) groups is 1. The van der Waals surface area contributed by atoms with Crippen LogP contribution in [0.3, 0.4) is 0 Å². The quantitative estimate of drug-likeness (QED) is 0.601. The van der Waals surface area contributed by atoms with Gasteiger partial charge in [-0.15, -0.1) is 0 Å². The molecule has 2 atom stereocenters. The van der Waals surface area contributed by atoms with E-state index in [9.17, 15) is 4.79 Å². The lowest BCUT2D eigenvalue weighted by Crippen LogP contribution is -2.20. The monoisotopic (exact) mass is 140 g/mol. The van der Waals surface area contributed by atoms with Gasteiger partial charge in [-0.2, -0.15) is 0 Å². The van der Waals surface area contributed by atoms with Crippen LogP contribution in [0.5, 0.6) is 0 Å². The van der Waals surface area contributed by atoms with Crippen LogP contribution in [0.4, 0.5) is 0 Å². The zero-order valence-electron chi connectivity index (χ0n) is 5.97. The minimum Gasteiger partial charge on any atom is -0.481 e. The molecule has 1 N–H and O–H groups in total. The van der Waals surface area contributed by atoms with E-state index in [1.807, 2.05) is 0 Å². The smallest absolute Gasteiger partial charge is 0.309 e. The fraction of sp³-hybridized carbons (Fsp3) is 0.875. The molecule has 10 heavy (non-hydrogen) atoms. The Balaban J connectivity index is 2.12. The Morgan fingerprint density at radius 3 is 2.80 bits per heavy atom. The fourth-order valence-electron chi connectivity index (χ4n) is 2.27. The highest BCUT2D eigenvalue weighted by molar-refractivity contribution is 5.78. The van der Waals surface area contributed by atoms with E-state index in [4.69, 9.17) is 5.11 Å². The third kappa shape index (κ3) is 0.619. The van der Waals surface area contributed by atoms with Crippen LogP contribution >= 0.6 is 0 Å². The summed E-state index contributed by atoms with van der Waals surface area (Å²) in [5.74, 6) is -0.00375. The van der Waals surface area contributed by atoms with Crippen LogP contribution in [0.1, 0.15) is 32.1 Å². The third-order valence-corrected chi connectivity index (χ3v) is 3.08. The average Bonchev–Trinajstić information content (AvgIpc) is 2.61. The minimum absolute atomic E-state index is 0.238. The van der Waals surface area contributed by atoms with Crippen LogP contribution in [0.25, 0.3) is 0 Å². The highest BCUT2D eigenvalue weighted by Crippen LogP contribution is 2.61. The SMILES string of the molecule is O=C(O)[C@]12CCCC[C@@H]1C2. The largest absolute Gasteiger partial charge is 0.481 e. The molecule has 0 spiro atoms. The van der Waals surface area contributed by atoms with Gasteiger partial charge in [0.25, 0.3) is 0 Å². The number of carboxylic acids is 1. The van der Waals surface area contributed by atoms with Crippen molar-refractivity contribution in [2.75, 3.05) is 0 Å². The van der Waals surface area contributed by atoms with Crippen molar-refractivity contribution in [3.8, 4) is 0 Å². The molecule has 0 saturated heterocycles. The van der Waals surface area contributed by atoms with Gasteiger partial charge in [-0.3, -0.25) is 4.79 Å². The van der Waals surface area contributed by atoms with Crippen molar-refractivity contribution in [3.63, 3.8) is 0 Å². The Hall–Kier alpha value is -0.530. The molecule has 2 aliphatic rings. The summed E-state index contributed by atoms with van der Waals surface area (Å²) in [5.41, 5.74) is -0.238. The fourth-order valence-corrected chi connectivity index (χ4v) is 2.27. The number of rotatable bonds is 1. The standard InChI is InChI=1S/C8H12O2/c9-7(10)8-4-2-1-3-6(8)5-8/h6H,1-5H2,(H,9,10)/t6-,8+/m1/s1. The van der Waals surface area contributed by atoms with Gasteiger partial charge in [-0.1, -0.05) is 12.8 Å². The lowest BCUT2D eigenvalue weighted by atomic mass is 9.89. The normalized spacial score (nSPS) is 44.2. The van der Waals surface area contributed by atoms with Crippen molar-refractivity contribution in [1.29, 1.82) is 0 Å². The Morgan fingerprint density at radius 1 is 1.50 bits per heavy atom. The molecule has 2 nitrogen and oxygen atoms in total. The first-order chi connectivity index (χ1) is 4.76. The first-order valence-electron chi connectivity index (χ1n) is 3.99. The van der Waals surface area contributed by atoms with Crippen LogP contribution in [0, 0.1) is 11.3 Å². The summed E-state index contributed by atoms with van der Waals surface area (Å²) in [6, 6.07) is 0. The van der Waals surface area contributed by atoms with Crippen molar-refractivity contribution < 1.29 is 9.90 Å². The molecule has 2 aliphatic carbocycles. The first-order valence-corrected chi connectivity index (χ1v) is 3.99. The maximum Gasteiger partial charge on any atom is 0.309 e. The number of hydrogen-bond donors (Lipinski definition) is 1. The predicted octanol–water partition coefficient (Wildman–Crippen LogP) is 1.65. The van der Waals surface area contributed by atoms with Gasteiger partial charge < -0.3 is 5.11 Å². The second-order valence-corrected chi connectivity index (χ2v) is 3.61. The number of aliphatic carboxylic acids is 1. The first kappa shape index (κ1) is 6.20. The van der Waals surface area contributed by atoms with E-state index in [1.54, 1.807) is 0 Å². The van der Waals surface area contributed by atoms with Crippen molar-refractivity contribution in [2.24, 2.45) is 11.3 Å². The van der Waals surface area contributed by atoms with E-state index in [0.717, 1.165) is 25.7 Å². The minimum atomic E-state index is -0.544. The molecule has 0 aliphatic heterocycles. The van der Waals surface area contributed by atoms with E-state index < -0.39 is 5.97 Å². The summed E-state index contributed by atoms with van der Waals surface area (Å²) in [6.07, 6.45) is 5.43. The van der Waals surface area contributed by atoms with Gasteiger partial charge in [0.05, 0.1) is 5.41 Å². The highest BCUT2D eigenvalue weighted by atomic mass is 16.4. The zero-order valence-corrected chi connectivity index (χ0v) is 5.97. The van der Waals surface area contributed by atoms with E-state index in [0.29, 0.717) is 5.92 Å². The molecule has 2 saturated carbocycles. The molecular formula is C8H12O2. The van der Waals surface area contributed by atoms with E-state index >= 15 is 0 Å². The molecule has 0 radical (unpaired) electrons. The van der Waals surface area contributed by atoms with Gasteiger partial charge in [0.2, 0.25) is 0 Å². The third-order valence-electron chi connectivity index (χ3n) is 3.08. The van der Waals surface area contributed by atoms with Crippen LogP contribution in [0.15, 0.2) is 0 Å². The zero-order chi connectivity index (χ0) is 7.19.